The van der Waals surface area contributed by atoms with Crippen LogP contribution < -0.4 is 4.90 Å². The van der Waals surface area contributed by atoms with Crippen molar-refractivity contribution in [2.24, 2.45) is 0 Å². The molecule has 1 nitrogen and oxygen atoms in total. The zero-order valence-electron chi connectivity index (χ0n) is 31.7. The minimum Gasteiger partial charge on any atom is -0.310 e. The van der Waals surface area contributed by atoms with Crippen molar-refractivity contribution in [1.29, 1.82) is 0 Å². The van der Waals surface area contributed by atoms with Gasteiger partial charge in [-0.2, -0.15) is 0 Å². The van der Waals surface area contributed by atoms with Crippen molar-refractivity contribution >= 4 is 48.6 Å². The van der Waals surface area contributed by atoms with Gasteiger partial charge in [0, 0.05) is 43.4 Å². The van der Waals surface area contributed by atoms with Gasteiger partial charge >= 0.3 is 0 Å². The predicted octanol–water partition coefficient (Wildman–Crippen LogP) is 15.5. The fraction of sp³-hybridized carbons (Fsp3) is 0.0357. The Bertz CT molecular complexity index is 3130. The summed E-state index contributed by atoms with van der Waals surface area (Å²) < 4.78 is 2.65. The lowest BCUT2D eigenvalue weighted by Crippen LogP contribution is -2.30. The molecule has 3 aliphatic rings. The molecule has 0 aliphatic heterocycles. The smallest absolute Gasteiger partial charge is 0.0506 e. The van der Waals surface area contributed by atoms with Crippen LogP contribution in [0, 0.1) is 0 Å². The van der Waals surface area contributed by atoms with Crippen LogP contribution >= 0.6 is 11.3 Å². The van der Waals surface area contributed by atoms with Crippen molar-refractivity contribution in [3.8, 4) is 33.4 Å². The van der Waals surface area contributed by atoms with Gasteiger partial charge < -0.3 is 4.90 Å². The number of fused-ring (bicyclic) bond motifs is 3. The molecule has 0 radical (unpaired) electrons. The predicted molar refractivity (Wildman–Crippen MR) is 245 cm³/mol. The van der Waals surface area contributed by atoms with E-state index in [1.54, 1.807) is 0 Å². The van der Waals surface area contributed by atoms with Crippen molar-refractivity contribution < 1.29 is 0 Å². The average molecular weight is 756 g/mol. The maximum Gasteiger partial charge on any atom is 0.0506 e. The molecule has 9 aromatic carbocycles. The van der Waals surface area contributed by atoms with E-state index in [0.29, 0.717) is 0 Å². The summed E-state index contributed by atoms with van der Waals surface area (Å²) in [6.07, 6.45) is 0. The summed E-state index contributed by atoms with van der Waals surface area (Å²) in [7, 11) is 0. The molecular formula is C56H37NS. The number of rotatable bonds is 6. The quantitative estimate of drug-likeness (QED) is 0.163. The van der Waals surface area contributed by atoms with Crippen LogP contribution in [0.2, 0.25) is 0 Å². The third-order valence-electron chi connectivity index (χ3n) is 12.5. The van der Waals surface area contributed by atoms with Crippen molar-refractivity contribution in [2.75, 3.05) is 4.90 Å². The van der Waals surface area contributed by atoms with Gasteiger partial charge in [-0.25, -0.2) is 0 Å². The Morgan fingerprint density at radius 2 is 0.897 bits per heavy atom. The average Bonchev–Trinajstić information content (AvgIpc) is 3.69. The highest BCUT2D eigenvalue weighted by molar-refractivity contribution is 7.26. The second-order valence-corrected chi connectivity index (χ2v) is 16.6. The van der Waals surface area contributed by atoms with Crippen LogP contribution in [0.25, 0.3) is 53.6 Å². The number of thiophene rings is 1. The summed E-state index contributed by atoms with van der Waals surface area (Å²) in [4.78, 5) is 2.53. The number of anilines is 3. The van der Waals surface area contributed by atoms with Gasteiger partial charge in [-0.05, 0) is 103 Å². The third kappa shape index (κ3) is 5.09. The summed E-state index contributed by atoms with van der Waals surface area (Å²) in [5, 5.41) is 2.64. The summed E-state index contributed by atoms with van der Waals surface area (Å²) in [5.74, 6) is 0.217. The molecule has 1 aromatic heterocycles. The van der Waals surface area contributed by atoms with Crippen molar-refractivity contribution in [2.45, 2.75) is 11.8 Å². The molecule has 0 N–H and O–H groups in total. The molecular weight excluding hydrogens is 719 g/mol. The molecule has 0 atom stereocenters. The lowest BCUT2D eigenvalue weighted by molar-refractivity contribution is 0.755. The van der Waals surface area contributed by atoms with Gasteiger partial charge in [0.1, 0.15) is 0 Å². The van der Waals surface area contributed by atoms with Crippen LogP contribution in [-0.4, -0.2) is 0 Å². The number of hydrogen-bond acceptors (Lipinski definition) is 2. The molecule has 2 heteroatoms. The second kappa shape index (κ2) is 13.3. The van der Waals surface area contributed by atoms with Gasteiger partial charge in [-0.1, -0.05) is 176 Å². The molecule has 0 fully saturated rings. The molecule has 2 bridgehead atoms. The van der Waals surface area contributed by atoms with Crippen molar-refractivity contribution in [3.63, 3.8) is 0 Å². The van der Waals surface area contributed by atoms with E-state index >= 15 is 0 Å². The Labute approximate surface area is 342 Å². The third-order valence-corrected chi connectivity index (χ3v) is 13.7. The first-order valence-electron chi connectivity index (χ1n) is 20.2. The summed E-state index contributed by atoms with van der Waals surface area (Å²) in [6, 6.07) is 78.8. The maximum atomic E-state index is 2.53. The summed E-state index contributed by atoms with van der Waals surface area (Å²) in [5.41, 5.74) is 19.4. The second-order valence-electron chi connectivity index (χ2n) is 15.5. The normalized spacial score (nSPS) is 14.9. The minimum atomic E-state index is 0.0904. The lowest BCUT2D eigenvalue weighted by Gasteiger charge is -2.45. The van der Waals surface area contributed by atoms with Gasteiger partial charge in [-0.15, -0.1) is 11.3 Å². The Morgan fingerprint density at radius 1 is 0.345 bits per heavy atom. The van der Waals surface area contributed by atoms with E-state index in [-0.39, 0.29) is 11.8 Å². The van der Waals surface area contributed by atoms with E-state index < -0.39 is 0 Å². The zero-order valence-corrected chi connectivity index (χ0v) is 32.5. The molecule has 0 spiro atoms. The topological polar surface area (TPSA) is 3.24 Å². The first-order valence-corrected chi connectivity index (χ1v) is 21.0. The Kier molecular flexibility index (Phi) is 7.61. The fourth-order valence-electron chi connectivity index (χ4n) is 9.98. The SMILES string of the molecule is c1ccc(-c2ccc(N(c3cccc(-c4cccc5c4sc4ccccc45)c3)c3ccc(-c4ccccc4)c4c3C3c5ccccc5C4c4ccccc43)cc2)cc1. The number of benzene rings is 9. The van der Waals surface area contributed by atoms with Crippen LogP contribution in [0.3, 0.4) is 0 Å². The van der Waals surface area contributed by atoms with Gasteiger partial charge in [0.15, 0.2) is 0 Å². The van der Waals surface area contributed by atoms with E-state index in [0.717, 1.165) is 11.4 Å². The monoisotopic (exact) mass is 755 g/mol. The van der Waals surface area contributed by atoms with Crippen LogP contribution in [0.15, 0.2) is 212 Å². The molecule has 13 rings (SSSR count). The van der Waals surface area contributed by atoms with Gasteiger partial charge in [-0.3, -0.25) is 0 Å². The fourth-order valence-corrected chi connectivity index (χ4v) is 11.2. The Hall–Kier alpha value is -7.00. The van der Waals surface area contributed by atoms with Crippen molar-refractivity contribution in [3.05, 3.63) is 246 Å². The first kappa shape index (κ1) is 33.2. The van der Waals surface area contributed by atoms with Crippen LogP contribution in [0.5, 0.6) is 0 Å². The molecule has 0 unspecified atom stereocenters. The largest absolute Gasteiger partial charge is 0.310 e. The van der Waals surface area contributed by atoms with Crippen LogP contribution in [0.4, 0.5) is 17.1 Å². The van der Waals surface area contributed by atoms with E-state index in [1.807, 2.05) is 11.3 Å². The summed E-state index contributed by atoms with van der Waals surface area (Å²) >= 11 is 1.89. The van der Waals surface area contributed by atoms with E-state index in [1.165, 1.54) is 92.6 Å². The lowest BCUT2D eigenvalue weighted by atomic mass is 9.59. The zero-order chi connectivity index (χ0) is 38.2. The Balaban J connectivity index is 1.12. The van der Waals surface area contributed by atoms with Gasteiger partial charge in [0.25, 0.3) is 0 Å². The van der Waals surface area contributed by atoms with E-state index in [9.17, 15) is 0 Å². The van der Waals surface area contributed by atoms with Gasteiger partial charge in [0.05, 0.1) is 5.69 Å². The molecule has 10 aromatic rings. The molecule has 1 heterocycles. The molecule has 58 heavy (non-hydrogen) atoms. The number of nitrogens with zero attached hydrogens (tertiary/aromatic N) is 1. The number of hydrogen-bond donors (Lipinski definition) is 0. The van der Waals surface area contributed by atoms with Crippen LogP contribution in [0.1, 0.15) is 45.2 Å². The highest BCUT2D eigenvalue weighted by Gasteiger charge is 2.44. The standard InChI is InChI=1S/C56H37NS/c1-3-15-36(16-4-1)37-29-31-40(32-30-37)57(41-20-13-19-39(35-41)43-26-14-27-49-44-21-11-12-28-51(44)58-56(43)49)50-34-33-42(38-17-5-2-6-18-38)54-52-45-22-7-9-24-47(45)53(55(50)54)48-25-10-8-23-46(48)52/h1-35,52-53H. The van der Waals surface area contributed by atoms with Gasteiger partial charge in [0.2, 0.25) is 0 Å². The molecule has 272 valence electrons. The maximum absolute atomic E-state index is 2.53. The Morgan fingerprint density at radius 3 is 1.60 bits per heavy atom. The molecule has 3 aliphatic carbocycles. The van der Waals surface area contributed by atoms with Crippen LogP contribution in [-0.2, 0) is 0 Å². The van der Waals surface area contributed by atoms with E-state index in [4.69, 9.17) is 0 Å². The molecule has 0 saturated carbocycles. The highest BCUT2D eigenvalue weighted by Crippen LogP contribution is 2.61. The van der Waals surface area contributed by atoms with E-state index in [2.05, 4.69) is 217 Å². The summed E-state index contributed by atoms with van der Waals surface area (Å²) in [6.45, 7) is 0. The molecule has 0 saturated heterocycles. The minimum absolute atomic E-state index is 0.0904. The molecule has 0 amide bonds. The van der Waals surface area contributed by atoms with Crippen molar-refractivity contribution in [1.82, 2.24) is 0 Å². The highest BCUT2D eigenvalue weighted by atomic mass is 32.1. The first-order chi connectivity index (χ1) is 28.8.